The molecule has 0 bridgehead atoms. The first-order valence-corrected chi connectivity index (χ1v) is 6.13. The van der Waals surface area contributed by atoms with Crippen molar-refractivity contribution in [1.29, 1.82) is 0 Å². The Kier molecular flexibility index (Phi) is 7.45. The lowest BCUT2D eigenvalue weighted by Crippen LogP contribution is -2.13. The Hall–Kier alpha value is -1.83. The summed E-state index contributed by atoms with van der Waals surface area (Å²) < 4.78 is 0. The molecule has 0 radical (unpaired) electrons. The van der Waals surface area contributed by atoms with Crippen molar-refractivity contribution in [1.82, 2.24) is 0 Å². The second-order valence-electron chi connectivity index (χ2n) is 3.93. The van der Waals surface area contributed by atoms with Crippen LogP contribution in [0.1, 0.15) is 27.2 Å². The number of aliphatic carboxylic acids is 1. The van der Waals surface area contributed by atoms with Crippen molar-refractivity contribution in [2.45, 2.75) is 27.2 Å². The predicted octanol–water partition coefficient (Wildman–Crippen LogP) is 4.29. The molecule has 0 saturated carbocycles. The fourth-order valence-electron chi connectivity index (χ4n) is 1.44. The third-order valence-corrected chi connectivity index (χ3v) is 2.38. The molecule has 0 aromatic heterocycles. The van der Waals surface area contributed by atoms with Crippen LogP contribution >= 0.6 is 0 Å². The van der Waals surface area contributed by atoms with E-state index in [1.807, 2.05) is 39.0 Å². The van der Waals surface area contributed by atoms with Gasteiger partial charge in [-0.05, 0) is 24.5 Å². The molecule has 0 aliphatic heterocycles. The fraction of sp³-hybridized carbons (Fsp3) is 0.312. The highest BCUT2D eigenvalue weighted by Gasteiger charge is 2.18. The molecular formula is C16H22O2. The van der Waals surface area contributed by atoms with Crippen molar-refractivity contribution in [3.8, 4) is 0 Å². The fourth-order valence-corrected chi connectivity index (χ4v) is 1.44. The molecule has 98 valence electrons. The van der Waals surface area contributed by atoms with Gasteiger partial charge in [0.15, 0.2) is 0 Å². The van der Waals surface area contributed by atoms with E-state index < -0.39 is 11.9 Å². The van der Waals surface area contributed by atoms with Crippen molar-refractivity contribution in [2.24, 2.45) is 5.92 Å². The summed E-state index contributed by atoms with van der Waals surface area (Å²) in [4.78, 5) is 10.8. The van der Waals surface area contributed by atoms with E-state index in [2.05, 4.69) is 13.2 Å². The van der Waals surface area contributed by atoms with Crippen LogP contribution in [0, 0.1) is 5.92 Å². The minimum absolute atomic E-state index is 0.435. The second-order valence-corrected chi connectivity index (χ2v) is 3.93. The van der Waals surface area contributed by atoms with Gasteiger partial charge in [-0.15, -0.1) is 0 Å². The van der Waals surface area contributed by atoms with Crippen LogP contribution in [-0.2, 0) is 4.79 Å². The zero-order valence-corrected chi connectivity index (χ0v) is 11.4. The highest BCUT2D eigenvalue weighted by atomic mass is 16.4. The Morgan fingerprint density at radius 1 is 1.39 bits per heavy atom. The molecule has 1 aliphatic rings. The van der Waals surface area contributed by atoms with Gasteiger partial charge in [0.05, 0.1) is 5.92 Å². The Labute approximate surface area is 110 Å². The molecule has 0 saturated heterocycles. The summed E-state index contributed by atoms with van der Waals surface area (Å²) in [5, 5.41) is 8.92. The van der Waals surface area contributed by atoms with Gasteiger partial charge in [0.2, 0.25) is 0 Å². The van der Waals surface area contributed by atoms with Crippen LogP contribution in [0.4, 0.5) is 0 Å². The van der Waals surface area contributed by atoms with Crippen LogP contribution in [0.25, 0.3) is 0 Å². The molecule has 0 heterocycles. The Bertz CT molecular complexity index is 409. The molecule has 0 amide bonds. The normalized spacial score (nSPS) is 17.7. The summed E-state index contributed by atoms with van der Waals surface area (Å²) >= 11 is 0. The van der Waals surface area contributed by atoms with E-state index in [0.29, 0.717) is 6.42 Å². The van der Waals surface area contributed by atoms with Crippen molar-refractivity contribution < 1.29 is 9.90 Å². The SMILES string of the molecule is C=C(C)/C=C\C(=C)C1=CC=CC(C(=O)O)C1.CC. The molecule has 0 aromatic rings. The van der Waals surface area contributed by atoms with E-state index in [9.17, 15) is 4.79 Å². The van der Waals surface area contributed by atoms with Gasteiger partial charge in [-0.3, -0.25) is 4.79 Å². The molecule has 1 N–H and O–H groups in total. The van der Waals surface area contributed by atoms with Crippen LogP contribution < -0.4 is 0 Å². The van der Waals surface area contributed by atoms with Gasteiger partial charge in [0.25, 0.3) is 0 Å². The monoisotopic (exact) mass is 246 g/mol. The summed E-state index contributed by atoms with van der Waals surface area (Å²) in [5.41, 5.74) is 2.76. The van der Waals surface area contributed by atoms with Crippen molar-refractivity contribution in [3.63, 3.8) is 0 Å². The van der Waals surface area contributed by atoms with Crippen LogP contribution in [0.2, 0.25) is 0 Å². The van der Waals surface area contributed by atoms with Crippen LogP contribution in [0.3, 0.4) is 0 Å². The average Bonchev–Trinajstić information content (AvgIpc) is 2.38. The first kappa shape index (κ1) is 16.2. The zero-order chi connectivity index (χ0) is 14.1. The molecule has 1 aliphatic carbocycles. The second kappa shape index (κ2) is 8.29. The molecule has 18 heavy (non-hydrogen) atoms. The van der Waals surface area contributed by atoms with Crippen LogP contribution in [0.15, 0.2) is 60.3 Å². The smallest absolute Gasteiger partial charge is 0.310 e. The van der Waals surface area contributed by atoms with Gasteiger partial charge in [-0.2, -0.15) is 0 Å². The van der Waals surface area contributed by atoms with Gasteiger partial charge < -0.3 is 5.11 Å². The summed E-state index contributed by atoms with van der Waals surface area (Å²) in [6.45, 7) is 13.6. The number of carbonyl (C=O) groups is 1. The summed E-state index contributed by atoms with van der Waals surface area (Å²) in [6, 6.07) is 0. The zero-order valence-electron chi connectivity index (χ0n) is 11.4. The molecule has 0 fully saturated rings. The summed E-state index contributed by atoms with van der Waals surface area (Å²) in [5.74, 6) is -1.23. The number of rotatable bonds is 4. The summed E-state index contributed by atoms with van der Waals surface area (Å²) in [6.07, 6.45) is 9.62. The lowest BCUT2D eigenvalue weighted by atomic mass is 9.90. The van der Waals surface area contributed by atoms with Crippen molar-refractivity contribution in [3.05, 3.63) is 60.3 Å². The molecule has 1 atom stereocenters. The lowest BCUT2D eigenvalue weighted by Gasteiger charge is -2.15. The number of hydrogen-bond donors (Lipinski definition) is 1. The highest BCUT2D eigenvalue weighted by Crippen LogP contribution is 2.24. The van der Waals surface area contributed by atoms with Crippen LogP contribution in [-0.4, -0.2) is 11.1 Å². The Morgan fingerprint density at radius 2 is 2.00 bits per heavy atom. The van der Waals surface area contributed by atoms with E-state index in [1.165, 1.54) is 0 Å². The predicted molar refractivity (Wildman–Crippen MR) is 77.4 cm³/mol. The Morgan fingerprint density at radius 3 is 2.50 bits per heavy atom. The minimum Gasteiger partial charge on any atom is -0.481 e. The molecule has 1 rings (SSSR count). The van der Waals surface area contributed by atoms with Gasteiger partial charge in [-0.1, -0.05) is 63.0 Å². The van der Waals surface area contributed by atoms with E-state index in [4.69, 9.17) is 5.11 Å². The quantitative estimate of drug-likeness (QED) is 0.751. The highest BCUT2D eigenvalue weighted by molar-refractivity contribution is 5.73. The van der Waals surface area contributed by atoms with Crippen LogP contribution in [0.5, 0.6) is 0 Å². The topological polar surface area (TPSA) is 37.3 Å². The van der Waals surface area contributed by atoms with E-state index >= 15 is 0 Å². The van der Waals surface area contributed by atoms with Crippen molar-refractivity contribution >= 4 is 5.97 Å². The number of allylic oxidation sites excluding steroid dienone is 7. The maximum absolute atomic E-state index is 10.8. The largest absolute Gasteiger partial charge is 0.481 e. The number of carboxylic acid groups (broad SMARTS) is 1. The number of carboxylic acids is 1. The molecule has 1 unspecified atom stereocenters. The van der Waals surface area contributed by atoms with E-state index in [1.54, 1.807) is 12.2 Å². The third-order valence-electron chi connectivity index (χ3n) is 2.38. The Balaban J connectivity index is 0.00000137. The van der Waals surface area contributed by atoms with Crippen molar-refractivity contribution in [2.75, 3.05) is 0 Å². The first-order chi connectivity index (χ1) is 8.50. The minimum atomic E-state index is -0.793. The molecular weight excluding hydrogens is 224 g/mol. The number of hydrogen-bond acceptors (Lipinski definition) is 1. The van der Waals surface area contributed by atoms with Gasteiger partial charge in [0.1, 0.15) is 0 Å². The summed E-state index contributed by atoms with van der Waals surface area (Å²) in [7, 11) is 0. The third kappa shape index (κ3) is 5.48. The maximum atomic E-state index is 10.8. The standard InChI is InChI=1S/C14H16O2.C2H6/c1-10(2)7-8-11(3)12-5-4-6-13(9-12)14(15)16;1-2/h4-8,13H,1,3,9H2,2H3,(H,15,16);1-2H3/b8-7-;. The molecule has 0 aromatic carbocycles. The van der Waals surface area contributed by atoms with E-state index in [0.717, 1.165) is 16.7 Å². The maximum Gasteiger partial charge on any atom is 0.310 e. The molecule has 2 nitrogen and oxygen atoms in total. The average molecular weight is 246 g/mol. The van der Waals surface area contributed by atoms with Gasteiger partial charge in [-0.25, -0.2) is 0 Å². The molecule has 0 spiro atoms. The lowest BCUT2D eigenvalue weighted by molar-refractivity contribution is -0.140. The first-order valence-electron chi connectivity index (χ1n) is 6.13. The van der Waals surface area contributed by atoms with E-state index in [-0.39, 0.29) is 0 Å². The van der Waals surface area contributed by atoms with Gasteiger partial charge in [0, 0.05) is 0 Å². The molecule has 2 heteroatoms. The van der Waals surface area contributed by atoms with Gasteiger partial charge >= 0.3 is 5.97 Å².